The van der Waals surface area contributed by atoms with E-state index in [0.717, 1.165) is 7.11 Å². The Labute approximate surface area is 116 Å². The number of amides is 1. The van der Waals surface area contributed by atoms with Crippen molar-refractivity contribution in [2.45, 2.75) is 38.3 Å². The van der Waals surface area contributed by atoms with Gasteiger partial charge in [-0.2, -0.15) is 0 Å². The van der Waals surface area contributed by atoms with E-state index in [0.29, 0.717) is 0 Å². The molecule has 1 atom stereocenters. The molecule has 0 heterocycles. The number of rotatable bonds is 3. The van der Waals surface area contributed by atoms with Crippen LogP contribution in [0.25, 0.3) is 0 Å². The lowest BCUT2D eigenvalue weighted by Crippen LogP contribution is -2.60. The Bertz CT molecular complexity index is 423. The number of carbonyl (C=O) groups excluding carboxylic acids is 2. The SMILES string of the molecule is COC(=O)C(C#CCN)(NC(=O)OC(C)(C)C)C(F)F. The number of methoxy groups -OCH3 is 1. The van der Waals surface area contributed by atoms with E-state index in [9.17, 15) is 18.4 Å². The van der Waals surface area contributed by atoms with Gasteiger partial charge in [-0.25, -0.2) is 18.4 Å². The highest BCUT2D eigenvalue weighted by molar-refractivity contribution is 5.90. The quantitative estimate of drug-likeness (QED) is 0.589. The van der Waals surface area contributed by atoms with Gasteiger partial charge in [0.25, 0.3) is 12.0 Å². The van der Waals surface area contributed by atoms with Crippen molar-refractivity contribution in [3.8, 4) is 11.8 Å². The molecule has 1 amide bonds. The van der Waals surface area contributed by atoms with Crippen LogP contribution < -0.4 is 11.1 Å². The highest BCUT2D eigenvalue weighted by Gasteiger charge is 2.50. The summed E-state index contributed by atoms with van der Waals surface area (Å²) < 4.78 is 35.5. The number of hydrogen-bond donors (Lipinski definition) is 2. The van der Waals surface area contributed by atoms with E-state index in [2.05, 4.69) is 10.7 Å². The topological polar surface area (TPSA) is 90.6 Å². The lowest BCUT2D eigenvalue weighted by Gasteiger charge is -2.28. The number of nitrogens with one attached hydrogen (secondary N) is 1. The van der Waals surface area contributed by atoms with Crippen LogP contribution in [0.2, 0.25) is 0 Å². The molecule has 8 heteroatoms. The highest BCUT2D eigenvalue weighted by Crippen LogP contribution is 2.19. The van der Waals surface area contributed by atoms with Crippen molar-refractivity contribution in [1.29, 1.82) is 0 Å². The standard InChI is InChI=1S/C12H18F2N2O4/c1-11(2,3)20-10(18)16-12(8(13)14,6-5-7-15)9(17)19-4/h8H,7,15H2,1-4H3,(H,16,18). The molecule has 0 saturated heterocycles. The minimum atomic E-state index is -3.32. The Hall–Kier alpha value is -1.88. The first kappa shape index (κ1) is 18.1. The fourth-order valence-corrected chi connectivity index (χ4v) is 1.15. The summed E-state index contributed by atoms with van der Waals surface area (Å²) in [6, 6.07) is 0. The van der Waals surface area contributed by atoms with Gasteiger partial charge in [-0.15, -0.1) is 0 Å². The third-order valence-corrected chi connectivity index (χ3v) is 1.92. The molecule has 0 radical (unpaired) electrons. The van der Waals surface area contributed by atoms with Crippen LogP contribution in [-0.2, 0) is 14.3 Å². The van der Waals surface area contributed by atoms with Crippen LogP contribution >= 0.6 is 0 Å². The molecule has 6 nitrogen and oxygen atoms in total. The van der Waals surface area contributed by atoms with E-state index in [1.165, 1.54) is 0 Å². The predicted octanol–water partition coefficient (Wildman–Crippen LogP) is 0.650. The van der Waals surface area contributed by atoms with Crippen molar-refractivity contribution in [3.05, 3.63) is 0 Å². The van der Waals surface area contributed by atoms with Gasteiger partial charge in [-0.1, -0.05) is 11.8 Å². The second-order valence-electron chi connectivity index (χ2n) is 4.73. The molecular weight excluding hydrogens is 274 g/mol. The molecule has 0 aromatic rings. The molecule has 1 unspecified atom stereocenters. The van der Waals surface area contributed by atoms with Crippen molar-refractivity contribution in [1.82, 2.24) is 5.32 Å². The monoisotopic (exact) mass is 292 g/mol. The van der Waals surface area contributed by atoms with Crippen molar-refractivity contribution in [2.24, 2.45) is 5.73 Å². The molecule has 3 N–H and O–H groups in total. The van der Waals surface area contributed by atoms with Gasteiger partial charge in [0.1, 0.15) is 5.60 Å². The number of ether oxygens (including phenoxy) is 2. The van der Waals surface area contributed by atoms with Crippen LogP contribution in [0.5, 0.6) is 0 Å². The Morgan fingerprint density at radius 2 is 1.90 bits per heavy atom. The van der Waals surface area contributed by atoms with Crippen LogP contribution in [0.4, 0.5) is 13.6 Å². The van der Waals surface area contributed by atoms with Gasteiger partial charge < -0.3 is 15.2 Å². The van der Waals surface area contributed by atoms with Gasteiger partial charge >= 0.3 is 12.1 Å². The van der Waals surface area contributed by atoms with E-state index in [1.54, 1.807) is 26.1 Å². The van der Waals surface area contributed by atoms with Gasteiger partial charge in [0, 0.05) is 0 Å². The summed E-state index contributed by atoms with van der Waals surface area (Å²) >= 11 is 0. The second-order valence-corrected chi connectivity index (χ2v) is 4.73. The summed E-state index contributed by atoms with van der Waals surface area (Å²) in [5, 5.41) is 1.76. The maximum Gasteiger partial charge on any atom is 0.409 e. The van der Waals surface area contributed by atoms with E-state index < -0.39 is 29.6 Å². The van der Waals surface area contributed by atoms with Crippen LogP contribution in [-0.4, -0.2) is 43.3 Å². The minimum absolute atomic E-state index is 0.262. The molecule has 0 aromatic carbocycles. The second kappa shape index (κ2) is 7.05. The maximum atomic E-state index is 13.2. The fraction of sp³-hybridized carbons (Fsp3) is 0.667. The molecule has 0 spiro atoms. The van der Waals surface area contributed by atoms with Crippen LogP contribution in [0.15, 0.2) is 0 Å². The van der Waals surface area contributed by atoms with E-state index in [4.69, 9.17) is 10.5 Å². The summed E-state index contributed by atoms with van der Waals surface area (Å²) in [5.74, 6) is 2.67. The van der Waals surface area contributed by atoms with Crippen molar-refractivity contribution in [2.75, 3.05) is 13.7 Å². The van der Waals surface area contributed by atoms with E-state index in [-0.39, 0.29) is 6.54 Å². The first-order valence-corrected chi connectivity index (χ1v) is 5.67. The average molecular weight is 292 g/mol. The molecule has 0 aliphatic carbocycles. The van der Waals surface area contributed by atoms with Crippen molar-refractivity contribution < 1.29 is 27.8 Å². The molecule has 0 rings (SSSR count). The number of halogens is 2. The smallest absolute Gasteiger partial charge is 0.409 e. The first-order valence-electron chi connectivity index (χ1n) is 5.67. The van der Waals surface area contributed by atoms with Crippen molar-refractivity contribution in [3.63, 3.8) is 0 Å². The molecule has 114 valence electrons. The molecule has 0 bridgehead atoms. The van der Waals surface area contributed by atoms with Gasteiger partial charge in [-0.05, 0) is 20.8 Å². The largest absolute Gasteiger partial charge is 0.466 e. The molecule has 0 aliphatic heterocycles. The Morgan fingerprint density at radius 3 is 2.25 bits per heavy atom. The minimum Gasteiger partial charge on any atom is -0.466 e. The Morgan fingerprint density at radius 1 is 1.35 bits per heavy atom. The third-order valence-electron chi connectivity index (χ3n) is 1.92. The predicted molar refractivity (Wildman–Crippen MR) is 67.0 cm³/mol. The van der Waals surface area contributed by atoms with Gasteiger partial charge in [0.2, 0.25) is 0 Å². The van der Waals surface area contributed by atoms with Crippen LogP contribution in [0, 0.1) is 11.8 Å². The number of esters is 1. The zero-order valence-corrected chi connectivity index (χ0v) is 11.8. The third kappa shape index (κ3) is 5.01. The number of alkyl carbamates (subject to hydrolysis) is 1. The number of hydrogen-bond acceptors (Lipinski definition) is 5. The fourth-order valence-electron chi connectivity index (χ4n) is 1.15. The van der Waals surface area contributed by atoms with Gasteiger partial charge in [-0.3, -0.25) is 5.32 Å². The summed E-state index contributed by atoms with van der Waals surface area (Å²) in [6.45, 7) is 4.36. The zero-order chi connectivity index (χ0) is 16.0. The first-order chi connectivity index (χ1) is 9.09. The van der Waals surface area contributed by atoms with Crippen molar-refractivity contribution >= 4 is 12.1 Å². The lowest BCUT2D eigenvalue weighted by atomic mass is 10.0. The summed E-state index contributed by atoms with van der Waals surface area (Å²) in [4.78, 5) is 23.2. The van der Waals surface area contributed by atoms with Gasteiger partial charge in [0.15, 0.2) is 0 Å². The number of alkyl halides is 2. The summed E-state index contributed by atoms with van der Waals surface area (Å²) in [5.41, 5.74) is 1.37. The summed E-state index contributed by atoms with van der Waals surface area (Å²) in [7, 11) is 0.903. The normalized spacial score (nSPS) is 13.8. The summed E-state index contributed by atoms with van der Waals surface area (Å²) in [6.07, 6.45) is -4.53. The average Bonchev–Trinajstić information content (AvgIpc) is 2.30. The molecule has 0 aromatic heterocycles. The van der Waals surface area contributed by atoms with E-state index in [1.807, 2.05) is 5.92 Å². The molecular formula is C12H18F2N2O4. The van der Waals surface area contributed by atoms with Crippen LogP contribution in [0.1, 0.15) is 20.8 Å². The molecule has 20 heavy (non-hydrogen) atoms. The Kier molecular flexibility index (Phi) is 6.39. The van der Waals surface area contributed by atoms with E-state index >= 15 is 0 Å². The lowest BCUT2D eigenvalue weighted by molar-refractivity contribution is -0.151. The maximum absolute atomic E-state index is 13.2. The Balaban J connectivity index is 5.41. The molecule has 0 saturated carbocycles. The van der Waals surface area contributed by atoms with Crippen LogP contribution in [0.3, 0.4) is 0 Å². The molecule has 0 aliphatic rings. The van der Waals surface area contributed by atoms with Gasteiger partial charge in [0.05, 0.1) is 13.7 Å². The number of nitrogens with two attached hydrogens (primary N) is 1. The highest BCUT2D eigenvalue weighted by atomic mass is 19.3. The number of carbonyl (C=O) groups is 2. The molecule has 0 fully saturated rings. The zero-order valence-electron chi connectivity index (χ0n) is 11.8.